The highest BCUT2D eigenvalue weighted by molar-refractivity contribution is 5.82. The maximum Gasteiger partial charge on any atom is 0.307 e. The van der Waals surface area contributed by atoms with Gasteiger partial charge in [-0.15, -0.1) is 0 Å². The van der Waals surface area contributed by atoms with Gasteiger partial charge in [-0.2, -0.15) is 0 Å². The summed E-state index contributed by atoms with van der Waals surface area (Å²) >= 11 is 0. The fourth-order valence-electron chi connectivity index (χ4n) is 2.72. The van der Waals surface area contributed by atoms with Crippen LogP contribution in [0.2, 0.25) is 0 Å². The molecule has 1 aliphatic heterocycles. The van der Waals surface area contributed by atoms with Crippen molar-refractivity contribution < 1.29 is 14.3 Å². The van der Waals surface area contributed by atoms with Crippen LogP contribution in [-0.4, -0.2) is 29.9 Å². The minimum absolute atomic E-state index is 0.0518. The Bertz CT molecular complexity index is 425. The molecule has 0 aromatic rings. The Kier molecular flexibility index (Phi) is 4.40. The molecule has 0 unspecified atom stereocenters. The fourth-order valence-corrected chi connectivity index (χ4v) is 2.72. The highest BCUT2D eigenvalue weighted by Crippen LogP contribution is 2.34. The van der Waals surface area contributed by atoms with Crippen molar-refractivity contribution in [2.45, 2.75) is 33.1 Å². The lowest BCUT2D eigenvalue weighted by molar-refractivity contribution is -0.144. The molecule has 0 fully saturated rings. The first-order chi connectivity index (χ1) is 9.11. The summed E-state index contributed by atoms with van der Waals surface area (Å²) < 4.78 is 4.88. The number of allylic oxidation sites excluding steroid dienone is 3. The number of carbonyl (C=O) groups excluding carboxylic acids is 2. The van der Waals surface area contributed by atoms with Crippen LogP contribution in [0.15, 0.2) is 23.9 Å². The molecule has 1 aliphatic carbocycles. The van der Waals surface area contributed by atoms with Crippen molar-refractivity contribution >= 4 is 11.9 Å². The van der Waals surface area contributed by atoms with E-state index in [9.17, 15) is 9.59 Å². The van der Waals surface area contributed by atoms with Gasteiger partial charge < -0.3 is 9.64 Å². The maximum absolute atomic E-state index is 12.3. The molecule has 2 atom stereocenters. The molecule has 104 valence electrons. The first kappa shape index (κ1) is 13.8. The molecule has 0 aromatic heterocycles. The van der Waals surface area contributed by atoms with E-state index in [4.69, 9.17) is 4.74 Å². The number of carbonyl (C=O) groups is 2. The van der Waals surface area contributed by atoms with Gasteiger partial charge in [0.1, 0.15) is 0 Å². The summed E-state index contributed by atoms with van der Waals surface area (Å²) in [6, 6.07) is 0. The molecule has 1 amide bonds. The molecule has 0 saturated carbocycles. The van der Waals surface area contributed by atoms with Crippen molar-refractivity contribution in [1.82, 2.24) is 4.90 Å². The molecule has 2 rings (SSSR count). The van der Waals surface area contributed by atoms with Gasteiger partial charge in [-0.05, 0) is 32.6 Å². The van der Waals surface area contributed by atoms with Crippen LogP contribution in [0.4, 0.5) is 0 Å². The number of fused-ring (bicyclic) bond motifs is 1. The summed E-state index contributed by atoms with van der Waals surface area (Å²) in [6.07, 6.45) is 8.14. The number of rotatable bonds is 4. The Morgan fingerprint density at radius 3 is 3.05 bits per heavy atom. The molecule has 0 saturated heterocycles. The zero-order chi connectivity index (χ0) is 13.8. The quantitative estimate of drug-likeness (QED) is 0.577. The zero-order valence-corrected chi connectivity index (χ0v) is 11.6. The second-order valence-corrected chi connectivity index (χ2v) is 5.19. The predicted octanol–water partition coefficient (Wildman–Crippen LogP) is 2.27. The minimum Gasteiger partial charge on any atom is -0.466 e. The molecule has 0 spiro atoms. The normalized spacial score (nSPS) is 25.9. The van der Waals surface area contributed by atoms with Crippen LogP contribution in [0.1, 0.15) is 33.1 Å². The molecule has 1 heterocycles. The van der Waals surface area contributed by atoms with E-state index in [1.165, 1.54) is 5.57 Å². The lowest BCUT2D eigenvalue weighted by Gasteiger charge is -2.35. The molecule has 4 heteroatoms. The third-order valence-corrected chi connectivity index (χ3v) is 3.77. The van der Waals surface area contributed by atoms with Gasteiger partial charge in [-0.25, -0.2) is 0 Å². The maximum atomic E-state index is 12.3. The number of esters is 1. The Morgan fingerprint density at radius 2 is 2.32 bits per heavy atom. The summed E-state index contributed by atoms with van der Waals surface area (Å²) in [4.78, 5) is 25.3. The van der Waals surface area contributed by atoms with Gasteiger partial charge in [0.2, 0.25) is 5.91 Å². The van der Waals surface area contributed by atoms with Crippen molar-refractivity contribution in [1.29, 1.82) is 0 Å². The molecule has 0 N–H and O–H groups in total. The number of nitrogens with zero attached hydrogens (tertiary/aromatic N) is 1. The Labute approximate surface area is 114 Å². The van der Waals surface area contributed by atoms with Gasteiger partial charge in [0.15, 0.2) is 0 Å². The molecule has 0 radical (unpaired) electrons. The van der Waals surface area contributed by atoms with E-state index in [1.54, 1.807) is 11.8 Å². The van der Waals surface area contributed by atoms with E-state index in [0.717, 1.165) is 12.8 Å². The van der Waals surface area contributed by atoms with Crippen LogP contribution in [0.5, 0.6) is 0 Å². The summed E-state index contributed by atoms with van der Waals surface area (Å²) in [5.41, 5.74) is 1.36. The van der Waals surface area contributed by atoms with Gasteiger partial charge in [0.25, 0.3) is 0 Å². The van der Waals surface area contributed by atoms with E-state index < -0.39 is 0 Å². The van der Waals surface area contributed by atoms with Crippen molar-refractivity contribution in [3.63, 3.8) is 0 Å². The Balaban J connectivity index is 1.93. The molecule has 2 aliphatic rings. The minimum atomic E-state index is -0.245. The fraction of sp³-hybridized carbons (Fsp3) is 0.600. The molecule has 0 aromatic carbocycles. The van der Waals surface area contributed by atoms with Crippen LogP contribution in [0.25, 0.3) is 0 Å². The largest absolute Gasteiger partial charge is 0.466 e. The third-order valence-electron chi connectivity index (χ3n) is 3.77. The van der Waals surface area contributed by atoms with Crippen LogP contribution < -0.4 is 0 Å². The van der Waals surface area contributed by atoms with Gasteiger partial charge in [-0.1, -0.05) is 17.7 Å². The van der Waals surface area contributed by atoms with Crippen LogP contribution in [-0.2, 0) is 14.3 Å². The Morgan fingerprint density at radius 1 is 1.53 bits per heavy atom. The van der Waals surface area contributed by atoms with Gasteiger partial charge in [0, 0.05) is 18.7 Å². The van der Waals surface area contributed by atoms with Gasteiger partial charge in [-0.3, -0.25) is 9.59 Å². The number of ether oxygens (including phenoxy) is 1. The second kappa shape index (κ2) is 6.04. The summed E-state index contributed by atoms with van der Waals surface area (Å²) in [5, 5.41) is 0. The summed E-state index contributed by atoms with van der Waals surface area (Å²) in [5.74, 6) is 0.276. The summed E-state index contributed by atoms with van der Waals surface area (Å²) in [7, 11) is 0. The lowest BCUT2D eigenvalue weighted by Crippen LogP contribution is -2.41. The van der Waals surface area contributed by atoms with E-state index >= 15 is 0 Å². The molecule has 0 bridgehead atoms. The van der Waals surface area contributed by atoms with Crippen molar-refractivity contribution in [2.75, 3.05) is 13.2 Å². The average Bonchev–Trinajstić information content (AvgIpc) is 2.38. The topological polar surface area (TPSA) is 46.6 Å². The summed E-state index contributed by atoms with van der Waals surface area (Å²) in [6.45, 7) is 4.70. The standard InChI is InChI=1S/C15H21NO3/c1-3-19-14(17)7-9-16-8-6-12-10-11(2)4-5-13(12)15(16)18/h4,6,8,12-13H,3,5,7,9-10H2,1-2H3/t12-,13-/m1/s1. The van der Waals surface area contributed by atoms with Crippen molar-refractivity contribution in [3.8, 4) is 0 Å². The average molecular weight is 263 g/mol. The first-order valence-electron chi connectivity index (χ1n) is 6.92. The molecular weight excluding hydrogens is 242 g/mol. The van der Waals surface area contributed by atoms with E-state index in [1.807, 2.05) is 6.20 Å². The van der Waals surface area contributed by atoms with E-state index in [2.05, 4.69) is 19.1 Å². The predicted molar refractivity (Wildman–Crippen MR) is 72.1 cm³/mol. The third kappa shape index (κ3) is 3.25. The molecular formula is C15H21NO3. The van der Waals surface area contributed by atoms with Crippen molar-refractivity contribution in [3.05, 3.63) is 23.9 Å². The molecule has 19 heavy (non-hydrogen) atoms. The van der Waals surface area contributed by atoms with Crippen LogP contribution >= 0.6 is 0 Å². The van der Waals surface area contributed by atoms with Crippen molar-refractivity contribution in [2.24, 2.45) is 11.8 Å². The number of hydrogen-bond acceptors (Lipinski definition) is 3. The second-order valence-electron chi connectivity index (χ2n) is 5.19. The molecule has 4 nitrogen and oxygen atoms in total. The van der Waals surface area contributed by atoms with Crippen LogP contribution in [0, 0.1) is 11.8 Å². The monoisotopic (exact) mass is 263 g/mol. The van der Waals surface area contributed by atoms with E-state index in [0.29, 0.717) is 19.1 Å². The number of amides is 1. The lowest BCUT2D eigenvalue weighted by atomic mass is 9.77. The highest BCUT2D eigenvalue weighted by Gasteiger charge is 2.34. The Hall–Kier alpha value is -1.58. The zero-order valence-electron chi connectivity index (χ0n) is 11.6. The SMILES string of the molecule is CCOC(=O)CCN1C=C[C@@H]2CC(C)=CC[C@H]2C1=O. The number of hydrogen-bond donors (Lipinski definition) is 0. The van der Waals surface area contributed by atoms with Gasteiger partial charge in [0.05, 0.1) is 13.0 Å². The highest BCUT2D eigenvalue weighted by atomic mass is 16.5. The van der Waals surface area contributed by atoms with E-state index in [-0.39, 0.29) is 24.2 Å². The first-order valence-corrected chi connectivity index (χ1v) is 6.92. The smallest absolute Gasteiger partial charge is 0.307 e. The van der Waals surface area contributed by atoms with Crippen LogP contribution in [0.3, 0.4) is 0 Å². The van der Waals surface area contributed by atoms with Gasteiger partial charge >= 0.3 is 5.97 Å².